The standard InChI is InChI=1S/C17H23N3/c1-14-7-9-15(10-8-14)13-19-17-18-11-12-20(17)16-5-3-2-4-6-16/h2-6,11-12,14-15H,7-10,13H2,1H3,(H,18,19). The van der Waals surface area contributed by atoms with E-state index in [1.165, 1.54) is 25.7 Å². The molecule has 0 spiro atoms. The van der Waals surface area contributed by atoms with Crippen LogP contribution in [-0.4, -0.2) is 16.1 Å². The van der Waals surface area contributed by atoms with Crippen LogP contribution in [0, 0.1) is 11.8 Å². The minimum Gasteiger partial charge on any atom is -0.355 e. The van der Waals surface area contributed by atoms with Gasteiger partial charge in [0.1, 0.15) is 0 Å². The van der Waals surface area contributed by atoms with Crippen molar-refractivity contribution in [2.24, 2.45) is 11.8 Å². The Hall–Kier alpha value is -1.77. The molecule has 0 amide bonds. The first kappa shape index (κ1) is 13.2. The quantitative estimate of drug-likeness (QED) is 0.905. The molecule has 1 N–H and O–H groups in total. The highest BCUT2D eigenvalue weighted by Gasteiger charge is 2.18. The minimum absolute atomic E-state index is 0.798. The lowest BCUT2D eigenvalue weighted by atomic mass is 9.83. The summed E-state index contributed by atoms with van der Waals surface area (Å²) < 4.78 is 2.12. The van der Waals surface area contributed by atoms with E-state index in [0.29, 0.717) is 0 Å². The fourth-order valence-electron chi connectivity index (χ4n) is 3.00. The van der Waals surface area contributed by atoms with Crippen molar-refractivity contribution in [3.05, 3.63) is 42.7 Å². The van der Waals surface area contributed by atoms with Gasteiger partial charge in [-0.2, -0.15) is 0 Å². The highest BCUT2D eigenvalue weighted by Crippen LogP contribution is 2.28. The Morgan fingerprint density at radius 3 is 2.65 bits per heavy atom. The van der Waals surface area contributed by atoms with Crippen molar-refractivity contribution in [1.82, 2.24) is 9.55 Å². The number of benzene rings is 1. The molecule has 1 aromatic carbocycles. The maximum Gasteiger partial charge on any atom is 0.207 e. The topological polar surface area (TPSA) is 29.9 Å². The fourth-order valence-corrected chi connectivity index (χ4v) is 3.00. The van der Waals surface area contributed by atoms with Gasteiger partial charge in [-0.1, -0.05) is 38.0 Å². The molecule has 20 heavy (non-hydrogen) atoms. The predicted molar refractivity (Wildman–Crippen MR) is 83.2 cm³/mol. The number of para-hydroxylation sites is 1. The Morgan fingerprint density at radius 2 is 1.90 bits per heavy atom. The van der Waals surface area contributed by atoms with Crippen molar-refractivity contribution in [2.45, 2.75) is 32.6 Å². The third kappa shape index (κ3) is 3.03. The monoisotopic (exact) mass is 269 g/mol. The van der Waals surface area contributed by atoms with Crippen LogP contribution < -0.4 is 5.32 Å². The summed E-state index contributed by atoms with van der Waals surface area (Å²) in [6.45, 7) is 3.41. The van der Waals surface area contributed by atoms with Gasteiger partial charge in [0, 0.05) is 24.6 Å². The number of imidazole rings is 1. The summed E-state index contributed by atoms with van der Waals surface area (Å²) in [5, 5.41) is 3.53. The molecule has 1 heterocycles. The van der Waals surface area contributed by atoms with E-state index >= 15 is 0 Å². The molecule has 2 aromatic rings. The molecule has 0 radical (unpaired) electrons. The van der Waals surface area contributed by atoms with E-state index in [-0.39, 0.29) is 0 Å². The minimum atomic E-state index is 0.798. The van der Waals surface area contributed by atoms with Gasteiger partial charge in [-0.3, -0.25) is 4.57 Å². The second-order valence-electron chi connectivity index (χ2n) is 5.96. The summed E-state index contributed by atoms with van der Waals surface area (Å²) in [4.78, 5) is 4.44. The number of anilines is 1. The second-order valence-corrected chi connectivity index (χ2v) is 5.96. The van der Waals surface area contributed by atoms with E-state index < -0.39 is 0 Å². The summed E-state index contributed by atoms with van der Waals surface area (Å²) in [5.41, 5.74) is 1.16. The van der Waals surface area contributed by atoms with Crippen molar-refractivity contribution in [3.63, 3.8) is 0 Å². The van der Waals surface area contributed by atoms with Gasteiger partial charge in [-0.05, 0) is 36.8 Å². The fraction of sp³-hybridized carbons (Fsp3) is 0.471. The first-order chi connectivity index (χ1) is 9.83. The summed E-state index contributed by atoms with van der Waals surface area (Å²) in [5.74, 6) is 2.67. The van der Waals surface area contributed by atoms with Crippen LogP contribution >= 0.6 is 0 Å². The second kappa shape index (κ2) is 6.12. The average Bonchev–Trinajstić information content (AvgIpc) is 2.96. The number of rotatable bonds is 4. The number of nitrogens with one attached hydrogen (secondary N) is 1. The molecule has 0 atom stereocenters. The smallest absolute Gasteiger partial charge is 0.207 e. The molecule has 0 aliphatic heterocycles. The predicted octanol–water partition coefficient (Wildman–Crippen LogP) is 4.11. The molecule has 0 unspecified atom stereocenters. The first-order valence-corrected chi connectivity index (χ1v) is 7.65. The van der Waals surface area contributed by atoms with Crippen LogP contribution in [0.5, 0.6) is 0 Å². The Bertz CT molecular complexity index is 524. The van der Waals surface area contributed by atoms with Crippen LogP contribution in [0.25, 0.3) is 5.69 Å². The van der Waals surface area contributed by atoms with Crippen LogP contribution in [0.1, 0.15) is 32.6 Å². The average molecular weight is 269 g/mol. The van der Waals surface area contributed by atoms with E-state index in [1.54, 1.807) is 0 Å². The van der Waals surface area contributed by atoms with E-state index in [2.05, 4.69) is 46.1 Å². The van der Waals surface area contributed by atoms with Crippen molar-refractivity contribution in [3.8, 4) is 5.69 Å². The Balaban J connectivity index is 1.63. The lowest BCUT2D eigenvalue weighted by Gasteiger charge is -2.26. The van der Waals surface area contributed by atoms with Crippen LogP contribution in [0.3, 0.4) is 0 Å². The summed E-state index contributed by atoms with van der Waals surface area (Å²) in [7, 11) is 0. The summed E-state index contributed by atoms with van der Waals surface area (Å²) in [6.07, 6.45) is 9.32. The third-order valence-electron chi connectivity index (χ3n) is 4.36. The Kier molecular flexibility index (Phi) is 4.05. The Morgan fingerprint density at radius 1 is 1.15 bits per heavy atom. The number of hydrogen-bond acceptors (Lipinski definition) is 2. The zero-order valence-electron chi connectivity index (χ0n) is 12.1. The number of aromatic nitrogens is 2. The van der Waals surface area contributed by atoms with Gasteiger partial charge in [0.05, 0.1) is 0 Å². The van der Waals surface area contributed by atoms with Crippen molar-refractivity contribution in [2.75, 3.05) is 11.9 Å². The lowest BCUT2D eigenvalue weighted by molar-refractivity contribution is 0.300. The van der Waals surface area contributed by atoms with Crippen molar-refractivity contribution >= 4 is 5.95 Å². The van der Waals surface area contributed by atoms with Crippen LogP contribution in [-0.2, 0) is 0 Å². The van der Waals surface area contributed by atoms with E-state index in [1.807, 2.05) is 18.5 Å². The van der Waals surface area contributed by atoms with Crippen molar-refractivity contribution < 1.29 is 0 Å². The Labute approximate surface area is 121 Å². The van der Waals surface area contributed by atoms with E-state index in [4.69, 9.17) is 0 Å². The van der Waals surface area contributed by atoms with Crippen molar-refractivity contribution in [1.29, 1.82) is 0 Å². The highest BCUT2D eigenvalue weighted by molar-refractivity contribution is 5.41. The van der Waals surface area contributed by atoms with Crippen LogP contribution in [0.2, 0.25) is 0 Å². The highest BCUT2D eigenvalue weighted by atomic mass is 15.2. The summed E-state index contributed by atoms with van der Waals surface area (Å²) >= 11 is 0. The zero-order valence-corrected chi connectivity index (χ0v) is 12.1. The molecule has 3 nitrogen and oxygen atoms in total. The molecule has 1 aliphatic rings. The molecule has 1 saturated carbocycles. The van der Waals surface area contributed by atoms with Gasteiger partial charge < -0.3 is 5.32 Å². The largest absolute Gasteiger partial charge is 0.355 e. The van der Waals surface area contributed by atoms with Gasteiger partial charge in [-0.15, -0.1) is 0 Å². The van der Waals surface area contributed by atoms with Gasteiger partial charge in [0.25, 0.3) is 0 Å². The molecule has 1 fully saturated rings. The normalized spacial score (nSPS) is 22.6. The third-order valence-corrected chi connectivity index (χ3v) is 4.36. The van der Waals surface area contributed by atoms with E-state index in [9.17, 15) is 0 Å². The number of nitrogens with zero attached hydrogens (tertiary/aromatic N) is 2. The maximum atomic E-state index is 4.44. The summed E-state index contributed by atoms with van der Waals surface area (Å²) in [6, 6.07) is 10.4. The molecular formula is C17H23N3. The SMILES string of the molecule is CC1CCC(CNc2nccn2-c2ccccc2)CC1. The van der Waals surface area contributed by atoms with Gasteiger partial charge >= 0.3 is 0 Å². The molecule has 3 heteroatoms. The molecule has 3 rings (SSSR count). The molecule has 106 valence electrons. The molecule has 0 bridgehead atoms. The van der Waals surface area contributed by atoms with Crippen LogP contribution in [0.15, 0.2) is 42.7 Å². The molecule has 0 saturated heterocycles. The molecular weight excluding hydrogens is 246 g/mol. The molecule has 1 aliphatic carbocycles. The number of hydrogen-bond donors (Lipinski definition) is 1. The lowest BCUT2D eigenvalue weighted by Crippen LogP contribution is -2.21. The van der Waals surface area contributed by atoms with E-state index in [0.717, 1.165) is 30.0 Å². The zero-order chi connectivity index (χ0) is 13.8. The first-order valence-electron chi connectivity index (χ1n) is 7.65. The van der Waals surface area contributed by atoms with Gasteiger partial charge in [0.15, 0.2) is 0 Å². The van der Waals surface area contributed by atoms with Gasteiger partial charge in [-0.25, -0.2) is 4.98 Å². The van der Waals surface area contributed by atoms with Gasteiger partial charge in [0.2, 0.25) is 5.95 Å². The molecule has 1 aromatic heterocycles. The maximum absolute atomic E-state index is 4.44. The van der Waals surface area contributed by atoms with Crippen LogP contribution in [0.4, 0.5) is 5.95 Å².